The summed E-state index contributed by atoms with van der Waals surface area (Å²) in [6.07, 6.45) is 1.75. The minimum atomic E-state index is -1.04. The Labute approximate surface area is 113 Å². The molecule has 0 aliphatic carbocycles. The molecule has 1 atom stereocenters. The van der Waals surface area contributed by atoms with E-state index in [1.165, 1.54) is 4.90 Å². The molecule has 2 heterocycles. The van der Waals surface area contributed by atoms with Crippen LogP contribution in [0.2, 0.25) is 0 Å². The summed E-state index contributed by atoms with van der Waals surface area (Å²) in [6.45, 7) is 6.20. The van der Waals surface area contributed by atoms with Crippen molar-refractivity contribution in [2.75, 3.05) is 13.1 Å². The highest BCUT2D eigenvalue weighted by Gasteiger charge is 2.42. The molecule has 0 bridgehead atoms. The minimum Gasteiger partial charge on any atom is -0.444 e. The summed E-state index contributed by atoms with van der Waals surface area (Å²) in [4.78, 5) is 13.5. The molecule has 0 radical (unpaired) electrons. The number of likely N-dealkylation sites (tertiary alicyclic amines) is 1. The van der Waals surface area contributed by atoms with Crippen molar-refractivity contribution in [2.45, 2.75) is 38.4 Å². The first-order chi connectivity index (χ1) is 8.71. The molecule has 1 aromatic heterocycles. The van der Waals surface area contributed by atoms with Gasteiger partial charge >= 0.3 is 6.09 Å². The highest BCUT2D eigenvalue weighted by molar-refractivity contribution is 5.68. The zero-order chi connectivity index (χ0) is 14.3. The summed E-state index contributed by atoms with van der Waals surface area (Å²) in [5.74, 6) is 0. The van der Waals surface area contributed by atoms with Crippen LogP contribution in [0.1, 0.15) is 32.9 Å². The molecule has 1 aromatic rings. The lowest BCUT2D eigenvalue weighted by atomic mass is 9.99. The minimum absolute atomic E-state index is 0.238. The first-order valence-corrected chi connectivity index (χ1v) is 6.40. The number of amides is 1. The van der Waals surface area contributed by atoms with Crippen LogP contribution in [0.5, 0.6) is 0 Å². The van der Waals surface area contributed by atoms with Gasteiger partial charge in [-0.25, -0.2) is 4.79 Å². The SMILES string of the molecule is Cn1nccc1C1(O)CCN(C(=O)OC(C)(C)C)C1. The van der Waals surface area contributed by atoms with Crippen LogP contribution in [-0.2, 0) is 17.4 Å². The Kier molecular flexibility index (Phi) is 3.30. The number of carbonyl (C=O) groups excluding carboxylic acids is 1. The molecule has 1 aliphatic heterocycles. The largest absolute Gasteiger partial charge is 0.444 e. The first kappa shape index (κ1) is 13.9. The van der Waals surface area contributed by atoms with Crippen molar-refractivity contribution < 1.29 is 14.6 Å². The third-order valence-corrected chi connectivity index (χ3v) is 3.20. The summed E-state index contributed by atoms with van der Waals surface area (Å²) in [5, 5.41) is 14.7. The third kappa shape index (κ3) is 2.89. The van der Waals surface area contributed by atoms with Crippen LogP contribution in [-0.4, -0.2) is 44.6 Å². The molecule has 19 heavy (non-hydrogen) atoms. The summed E-state index contributed by atoms with van der Waals surface area (Å²) >= 11 is 0. The van der Waals surface area contributed by atoms with Gasteiger partial charge in [0, 0.05) is 26.2 Å². The average Bonchev–Trinajstić information content (AvgIpc) is 2.83. The van der Waals surface area contributed by atoms with Gasteiger partial charge in [-0.1, -0.05) is 0 Å². The first-order valence-electron chi connectivity index (χ1n) is 6.40. The molecule has 1 aliphatic rings. The number of hydrogen-bond donors (Lipinski definition) is 1. The van der Waals surface area contributed by atoms with E-state index in [-0.39, 0.29) is 12.6 Å². The normalized spacial score (nSPS) is 23.7. The quantitative estimate of drug-likeness (QED) is 0.831. The number of nitrogens with zero attached hydrogens (tertiary/aromatic N) is 3. The fraction of sp³-hybridized carbons (Fsp3) is 0.692. The van der Waals surface area contributed by atoms with E-state index in [2.05, 4.69) is 5.10 Å². The number of β-amino-alcohol motifs (C(OH)–C–C–N with tert-alkyl or cyclic N) is 1. The second-order valence-electron chi connectivity index (χ2n) is 6.02. The van der Waals surface area contributed by atoms with E-state index < -0.39 is 11.2 Å². The molecule has 1 saturated heterocycles. The van der Waals surface area contributed by atoms with E-state index >= 15 is 0 Å². The Morgan fingerprint density at radius 2 is 2.21 bits per heavy atom. The molecule has 106 valence electrons. The lowest BCUT2D eigenvalue weighted by molar-refractivity contribution is 0.0113. The van der Waals surface area contributed by atoms with Crippen LogP contribution in [0.3, 0.4) is 0 Å². The molecule has 1 fully saturated rings. The maximum Gasteiger partial charge on any atom is 0.410 e. The summed E-state index contributed by atoms with van der Waals surface area (Å²) < 4.78 is 6.95. The lowest BCUT2D eigenvalue weighted by Gasteiger charge is -2.26. The molecule has 2 rings (SSSR count). The van der Waals surface area contributed by atoms with Crippen molar-refractivity contribution in [3.8, 4) is 0 Å². The molecule has 6 nitrogen and oxygen atoms in total. The lowest BCUT2D eigenvalue weighted by Crippen LogP contribution is -2.38. The molecular formula is C13H21N3O3. The Hall–Kier alpha value is -1.56. The molecular weight excluding hydrogens is 246 g/mol. The second kappa shape index (κ2) is 4.52. The zero-order valence-corrected chi connectivity index (χ0v) is 11.9. The van der Waals surface area contributed by atoms with E-state index in [1.807, 2.05) is 20.8 Å². The van der Waals surface area contributed by atoms with Gasteiger partial charge in [0.05, 0.1) is 12.2 Å². The van der Waals surface area contributed by atoms with Crippen molar-refractivity contribution in [3.05, 3.63) is 18.0 Å². The number of aliphatic hydroxyl groups is 1. The van der Waals surface area contributed by atoms with Crippen molar-refractivity contribution in [1.29, 1.82) is 0 Å². The van der Waals surface area contributed by atoms with Crippen LogP contribution in [0.4, 0.5) is 4.79 Å². The summed E-state index contributed by atoms with van der Waals surface area (Å²) in [7, 11) is 1.78. The van der Waals surface area contributed by atoms with Crippen molar-refractivity contribution in [3.63, 3.8) is 0 Å². The van der Waals surface area contributed by atoms with E-state index in [9.17, 15) is 9.90 Å². The zero-order valence-electron chi connectivity index (χ0n) is 11.9. The smallest absolute Gasteiger partial charge is 0.410 e. The summed E-state index contributed by atoms with van der Waals surface area (Å²) in [5.41, 5.74) is -0.842. The number of ether oxygens (including phenoxy) is 1. The van der Waals surface area contributed by atoms with Crippen molar-refractivity contribution in [2.24, 2.45) is 7.05 Å². The molecule has 0 saturated carbocycles. The summed E-state index contributed by atoms with van der Waals surface area (Å²) in [6, 6.07) is 1.78. The van der Waals surface area contributed by atoms with E-state index in [4.69, 9.17) is 4.74 Å². The van der Waals surface area contributed by atoms with Gasteiger partial charge in [-0.05, 0) is 26.8 Å². The molecule has 1 unspecified atom stereocenters. The Morgan fingerprint density at radius 1 is 1.53 bits per heavy atom. The van der Waals surface area contributed by atoms with Crippen molar-refractivity contribution >= 4 is 6.09 Å². The molecule has 1 amide bonds. The second-order valence-corrected chi connectivity index (χ2v) is 6.02. The number of rotatable bonds is 1. The number of carbonyl (C=O) groups is 1. The predicted molar refractivity (Wildman–Crippen MR) is 69.5 cm³/mol. The van der Waals surface area contributed by atoms with E-state index in [1.54, 1.807) is 24.0 Å². The van der Waals surface area contributed by atoms with Crippen LogP contribution in [0, 0.1) is 0 Å². The van der Waals surface area contributed by atoms with Gasteiger partial charge in [0.15, 0.2) is 0 Å². The van der Waals surface area contributed by atoms with Crippen LogP contribution in [0.25, 0.3) is 0 Å². The van der Waals surface area contributed by atoms with E-state index in [0.29, 0.717) is 13.0 Å². The molecule has 6 heteroatoms. The highest BCUT2D eigenvalue weighted by Crippen LogP contribution is 2.32. The molecule has 1 N–H and O–H groups in total. The molecule has 0 spiro atoms. The third-order valence-electron chi connectivity index (χ3n) is 3.20. The monoisotopic (exact) mass is 267 g/mol. The number of hydrogen-bond acceptors (Lipinski definition) is 4. The fourth-order valence-corrected chi connectivity index (χ4v) is 2.32. The fourth-order valence-electron chi connectivity index (χ4n) is 2.32. The standard InChI is InChI=1S/C13H21N3O3/c1-12(2,3)19-11(17)16-8-6-13(18,9-16)10-5-7-14-15(10)4/h5,7,18H,6,8-9H2,1-4H3. The van der Waals surface area contributed by atoms with Gasteiger partial charge < -0.3 is 14.7 Å². The van der Waals surface area contributed by atoms with Gasteiger partial charge in [0.1, 0.15) is 11.2 Å². The van der Waals surface area contributed by atoms with Gasteiger partial charge in [-0.2, -0.15) is 5.10 Å². The van der Waals surface area contributed by atoms with Crippen molar-refractivity contribution in [1.82, 2.24) is 14.7 Å². The number of aromatic nitrogens is 2. The van der Waals surface area contributed by atoms with Gasteiger partial charge in [0.2, 0.25) is 0 Å². The topological polar surface area (TPSA) is 67.6 Å². The van der Waals surface area contributed by atoms with Gasteiger partial charge in [0.25, 0.3) is 0 Å². The Balaban J connectivity index is 2.08. The maximum absolute atomic E-state index is 12.0. The van der Waals surface area contributed by atoms with Gasteiger partial charge in [-0.3, -0.25) is 4.68 Å². The molecule has 0 aromatic carbocycles. The van der Waals surface area contributed by atoms with E-state index in [0.717, 1.165) is 5.69 Å². The average molecular weight is 267 g/mol. The highest BCUT2D eigenvalue weighted by atomic mass is 16.6. The van der Waals surface area contributed by atoms with Crippen LogP contribution < -0.4 is 0 Å². The Morgan fingerprint density at radius 3 is 2.74 bits per heavy atom. The van der Waals surface area contributed by atoms with Crippen LogP contribution in [0.15, 0.2) is 12.3 Å². The van der Waals surface area contributed by atoms with Crippen LogP contribution >= 0.6 is 0 Å². The Bertz CT molecular complexity index is 478. The predicted octanol–water partition coefficient (Wildman–Crippen LogP) is 1.25. The maximum atomic E-state index is 12.0. The van der Waals surface area contributed by atoms with Gasteiger partial charge in [-0.15, -0.1) is 0 Å². The number of aryl methyl sites for hydroxylation is 1.